The number of morpholine rings is 1. The lowest BCUT2D eigenvalue weighted by Crippen LogP contribution is -2.44. The first-order valence-corrected chi connectivity index (χ1v) is 8.98. The number of β-amino-alcohol motifs (C(OH)–C–C–N with tert-alkyl or cyclic N) is 1. The summed E-state index contributed by atoms with van der Waals surface area (Å²) in [5.41, 5.74) is 0. The fraction of sp³-hybridized carbons (Fsp3) is 0.538. The largest absolute Gasteiger partial charge is 0.390 e. The van der Waals surface area contributed by atoms with Crippen LogP contribution in [0.3, 0.4) is 0 Å². The summed E-state index contributed by atoms with van der Waals surface area (Å²) in [5, 5.41) is 9.95. The van der Waals surface area contributed by atoms with Crippen molar-refractivity contribution < 1.29 is 18.3 Å². The van der Waals surface area contributed by atoms with Crippen molar-refractivity contribution in [1.82, 2.24) is 9.62 Å². The first kappa shape index (κ1) is 16.9. The second-order valence-electron chi connectivity index (χ2n) is 4.88. The molecule has 0 saturated carbocycles. The van der Waals surface area contributed by atoms with Crippen molar-refractivity contribution in [2.24, 2.45) is 0 Å². The number of benzene rings is 1. The Labute approximate surface area is 133 Å². The third-order valence-electron chi connectivity index (χ3n) is 3.19. The van der Waals surface area contributed by atoms with Crippen LogP contribution in [-0.2, 0) is 14.8 Å². The number of nitrogens with one attached hydrogen (secondary N) is 1. The molecule has 1 aliphatic rings. The van der Waals surface area contributed by atoms with Gasteiger partial charge in [0.15, 0.2) is 0 Å². The number of hydrogen-bond donors (Lipinski definition) is 2. The zero-order valence-electron chi connectivity index (χ0n) is 11.5. The van der Waals surface area contributed by atoms with Crippen LogP contribution in [0.15, 0.2) is 33.6 Å². The molecule has 1 fully saturated rings. The Bertz CT molecular complexity index is 561. The maximum Gasteiger partial charge on any atom is 0.240 e. The molecule has 2 N–H and O–H groups in total. The number of sulfonamides is 1. The number of nitrogens with zero attached hydrogens (tertiary/aromatic N) is 1. The standard InChI is InChI=1S/C13H19BrN2O4S/c14-11-2-1-3-13(8-11)21(18,19)15-9-12(17)10-16-4-6-20-7-5-16/h1-3,8,12,15,17H,4-7,9-10H2. The van der Waals surface area contributed by atoms with Crippen molar-refractivity contribution in [3.63, 3.8) is 0 Å². The Hall–Kier alpha value is -0.510. The van der Waals surface area contributed by atoms with Crippen LogP contribution in [0.1, 0.15) is 0 Å². The monoisotopic (exact) mass is 378 g/mol. The number of aliphatic hydroxyl groups is 1. The number of ether oxygens (including phenoxy) is 1. The van der Waals surface area contributed by atoms with Crippen LogP contribution in [0.5, 0.6) is 0 Å². The van der Waals surface area contributed by atoms with Crippen molar-refractivity contribution in [2.75, 3.05) is 39.4 Å². The number of halogens is 1. The van der Waals surface area contributed by atoms with Crippen molar-refractivity contribution in [3.8, 4) is 0 Å². The van der Waals surface area contributed by atoms with Gasteiger partial charge in [-0.2, -0.15) is 0 Å². The van der Waals surface area contributed by atoms with E-state index in [2.05, 4.69) is 25.6 Å². The minimum atomic E-state index is -3.60. The Morgan fingerprint density at radius 3 is 2.76 bits per heavy atom. The molecule has 1 unspecified atom stereocenters. The third-order valence-corrected chi connectivity index (χ3v) is 5.10. The van der Waals surface area contributed by atoms with Crippen LogP contribution in [0.4, 0.5) is 0 Å². The van der Waals surface area contributed by atoms with Crippen LogP contribution in [0, 0.1) is 0 Å². The van der Waals surface area contributed by atoms with Crippen molar-refractivity contribution in [2.45, 2.75) is 11.0 Å². The quantitative estimate of drug-likeness (QED) is 0.749. The van der Waals surface area contributed by atoms with Gasteiger partial charge >= 0.3 is 0 Å². The second kappa shape index (κ2) is 7.66. The Kier molecular flexibility index (Phi) is 6.15. The van der Waals surface area contributed by atoms with Gasteiger partial charge < -0.3 is 9.84 Å². The van der Waals surface area contributed by atoms with Gasteiger partial charge in [-0.05, 0) is 18.2 Å². The summed E-state index contributed by atoms with van der Waals surface area (Å²) in [6, 6.07) is 6.45. The van der Waals surface area contributed by atoms with Gasteiger partial charge in [-0.15, -0.1) is 0 Å². The highest BCUT2D eigenvalue weighted by Gasteiger charge is 2.19. The highest BCUT2D eigenvalue weighted by molar-refractivity contribution is 9.10. The molecular formula is C13H19BrN2O4S. The predicted octanol–water partition coefficient (Wildman–Crippen LogP) is 0.421. The molecule has 1 saturated heterocycles. The molecular weight excluding hydrogens is 360 g/mol. The number of hydrogen-bond acceptors (Lipinski definition) is 5. The molecule has 0 amide bonds. The van der Waals surface area contributed by atoms with E-state index in [9.17, 15) is 13.5 Å². The average Bonchev–Trinajstić information content (AvgIpc) is 2.46. The molecule has 0 aromatic heterocycles. The van der Waals surface area contributed by atoms with E-state index in [1.54, 1.807) is 12.1 Å². The molecule has 1 aliphatic heterocycles. The zero-order valence-corrected chi connectivity index (χ0v) is 13.9. The molecule has 2 rings (SSSR count). The summed E-state index contributed by atoms with van der Waals surface area (Å²) in [5.74, 6) is 0. The summed E-state index contributed by atoms with van der Waals surface area (Å²) < 4.78 is 32.6. The smallest absolute Gasteiger partial charge is 0.240 e. The molecule has 0 spiro atoms. The van der Waals surface area contributed by atoms with Gasteiger partial charge in [0.25, 0.3) is 0 Å². The Morgan fingerprint density at radius 1 is 1.38 bits per heavy atom. The van der Waals surface area contributed by atoms with Crippen molar-refractivity contribution in [1.29, 1.82) is 0 Å². The van der Waals surface area contributed by atoms with Crippen LogP contribution >= 0.6 is 15.9 Å². The Balaban J connectivity index is 1.86. The molecule has 0 aliphatic carbocycles. The van der Waals surface area contributed by atoms with Gasteiger partial charge in [-0.25, -0.2) is 13.1 Å². The first-order valence-electron chi connectivity index (χ1n) is 6.71. The van der Waals surface area contributed by atoms with Crippen LogP contribution < -0.4 is 4.72 Å². The fourth-order valence-corrected chi connectivity index (χ4v) is 3.74. The third kappa shape index (κ3) is 5.32. The minimum absolute atomic E-state index is 0.00773. The molecule has 1 aromatic rings. The minimum Gasteiger partial charge on any atom is -0.390 e. The zero-order chi connectivity index (χ0) is 15.3. The average molecular weight is 379 g/mol. The molecule has 1 heterocycles. The topological polar surface area (TPSA) is 78.9 Å². The SMILES string of the molecule is O=S(=O)(NCC(O)CN1CCOCC1)c1cccc(Br)c1. The van der Waals surface area contributed by atoms with E-state index in [0.29, 0.717) is 24.2 Å². The van der Waals surface area contributed by atoms with Gasteiger partial charge in [0.05, 0.1) is 24.2 Å². The van der Waals surface area contributed by atoms with E-state index in [1.807, 2.05) is 0 Å². The summed E-state index contributed by atoms with van der Waals surface area (Å²) in [6.07, 6.45) is -0.745. The van der Waals surface area contributed by atoms with E-state index in [4.69, 9.17) is 4.74 Å². The van der Waals surface area contributed by atoms with E-state index >= 15 is 0 Å². The lowest BCUT2D eigenvalue weighted by molar-refractivity contribution is 0.0158. The lowest BCUT2D eigenvalue weighted by Gasteiger charge is -2.28. The van der Waals surface area contributed by atoms with E-state index in [1.165, 1.54) is 12.1 Å². The first-order chi connectivity index (χ1) is 9.97. The maximum absolute atomic E-state index is 12.1. The fourth-order valence-electron chi connectivity index (χ4n) is 2.07. The van der Waals surface area contributed by atoms with E-state index in [-0.39, 0.29) is 11.4 Å². The van der Waals surface area contributed by atoms with Crippen molar-refractivity contribution >= 4 is 26.0 Å². The molecule has 6 nitrogen and oxygen atoms in total. The molecule has 1 aromatic carbocycles. The van der Waals surface area contributed by atoms with E-state index < -0.39 is 16.1 Å². The summed E-state index contributed by atoms with van der Waals surface area (Å²) in [7, 11) is -3.60. The Morgan fingerprint density at radius 2 is 2.10 bits per heavy atom. The molecule has 8 heteroatoms. The summed E-state index contributed by atoms with van der Waals surface area (Å²) in [6.45, 7) is 3.24. The predicted molar refractivity (Wildman–Crippen MR) is 82.6 cm³/mol. The van der Waals surface area contributed by atoms with Gasteiger partial charge in [0.2, 0.25) is 10.0 Å². The maximum atomic E-state index is 12.1. The van der Waals surface area contributed by atoms with Gasteiger partial charge in [0, 0.05) is 30.7 Å². The summed E-state index contributed by atoms with van der Waals surface area (Å²) in [4.78, 5) is 2.23. The van der Waals surface area contributed by atoms with Gasteiger partial charge in [0.1, 0.15) is 0 Å². The highest BCUT2D eigenvalue weighted by Crippen LogP contribution is 2.15. The molecule has 118 valence electrons. The van der Waals surface area contributed by atoms with Crippen molar-refractivity contribution in [3.05, 3.63) is 28.7 Å². The lowest BCUT2D eigenvalue weighted by atomic mass is 10.3. The molecule has 0 bridgehead atoms. The second-order valence-corrected chi connectivity index (χ2v) is 7.56. The van der Waals surface area contributed by atoms with Gasteiger partial charge in [-0.1, -0.05) is 22.0 Å². The summed E-state index contributed by atoms with van der Waals surface area (Å²) >= 11 is 3.24. The van der Waals surface area contributed by atoms with Crippen LogP contribution in [0.25, 0.3) is 0 Å². The van der Waals surface area contributed by atoms with Crippen LogP contribution in [-0.4, -0.2) is 63.9 Å². The molecule has 0 radical (unpaired) electrons. The number of aliphatic hydroxyl groups excluding tert-OH is 1. The highest BCUT2D eigenvalue weighted by atomic mass is 79.9. The van der Waals surface area contributed by atoms with E-state index in [0.717, 1.165) is 13.1 Å². The molecule has 21 heavy (non-hydrogen) atoms. The van der Waals surface area contributed by atoms with Gasteiger partial charge in [-0.3, -0.25) is 4.90 Å². The number of rotatable bonds is 6. The molecule has 1 atom stereocenters. The normalized spacial score (nSPS) is 18.6. The van der Waals surface area contributed by atoms with Crippen LogP contribution in [0.2, 0.25) is 0 Å².